The summed E-state index contributed by atoms with van der Waals surface area (Å²) in [4.78, 5) is 15.1. The number of nitrogens with one attached hydrogen (secondary N) is 1. The predicted octanol–water partition coefficient (Wildman–Crippen LogP) is 3.23. The van der Waals surface area contributed by atoms with E-state index in [0.29, 0.717) is 24.4 Å². The third-order valence-electron chi connectivity index (χ3n) is 5.86. The number of hydrogen-bond acceptors (Lipinski definition) is 3. The monoisotopic (exact) mass is 401 g/mol. The van der Waals surface area contributed by atoms with Crippen molar-refractivity contribution in [2.24, 2.45) is 23.5 Å². The molecular weight excluding hydrogens is 369 g/mol. The van der Waals surface area contributed by atoms with E-state index in [1.807, 2.05) is 0 Å². The molecule has 4 atom stereocenters. The van der Waals surface area contributed by atoms with Crippen LogP contribution in [0.5, 0.6) is 0 Å². The molecule has 1 aromatic carbocycles. The Bertz CT molecular complexity index is 543. The first-order valence-corrected chi connectivity index (χ1v) is 9.44. The van der Waals surface area contributed by atoms with Gasteiger partial charge >= 0.3 is 0 Å². The fourth-order valence-electron chi connectivity index (χ4n) is 4.39. The maximum Gasteiger partial charge on any atom is 0.223 e. The van der Waals surface area contributed by atoms with Crippen molar-refractivity contribution >= 4 is 30.7 Å². The van der Waals surface area contributed by atoms with E-state index >= 15 is 0 Å². The number of halogens is 2. The molecule has 0 spiro atoms. The van der Waals surface area contributed by atoms with Crippen molar-refractivity contribution in [2.75, 3.05) is 19.6 Å². The number of benzene rings is 1. The summed E-state index contributed by atoms with van der Waals surface area (Å²) in [5.41, 5.74) is 7.19. The molecule has 26 heavy (non-hydrogen) atoms. The zero-order valence-electron chi connectivity index (χ0n) is 15.6. The van der Waals surface area contributed by atoms with Crippen molar-refractivity contribution in [3.05, 3.63) is 35.9 Å². The van der Waals surface area contributed by atoms with Crippen LogP contribution in [0, 0.1) is 17.8 Å². The molecule has 1 saturated carbocycles. The first kappa shape index (κ1) is 23.2. The van der Waals surface area contributed by atoms with Crippen LogP contribution in [0.2, 0.25) is 0 Å². The van der Waals surface area contributed by atoms with Gasteiger partial charge in [-0.25, -0.2) is 0 Å². The molecule has 1 amide bonds. The van der Waals surface area contributed by atoms with Gasteiger partial charge in [-0.05, 0) is 43.2 Å². The molecule has 2 aliphatic rings. The normalized spacial score (nSPS) is 28.7. The van der Waals surface area contributed by atoms with Crippen LogP contribution in [-0.4, -0.2) is 36.5 Å². The summed E-state index contributed by atoms with van der Waals surface area (Å²) in [6, 6.07) is 10.9. The Hall–Kier alpha value is -0.810. The number of amides is 1. The highest BCUT2D eigenvalue weighted by atomic mass is 35.5. The lowest BCUT2D eigenvalue weighted by Gasteiger charge is -2.38. The Morgan fingerprint density at radius 3 is 2.58 bits per heavy atom. The van der Waals surface area contributed by atoms with Gasteiger partial charge < -0.3 is 11.1 Å². The number of nitrogens with two attached hydrogens (primary N) is 1. The van der Waals surface area contributed by atoms with Crippen LogP contribution >= 0.6 is 24.8 Å². The Morgan fingerprint density at radius 2 is 1.92 bits per heavy atom. The SMILES string of the molecule is CC1CN(Cc2ccccc2)CCC1NC(=O)[C@@H]1CCC[C@@H]1CN.Cl.Cl. The maximum absolute atomic E-state index is 12.6. The number of hydrogen-bond donors (Lipinski definition) is 2. The van der Waals surface area contributed by atoms with E-state index in [2.05, 4.69) is 47.5 Å². The molecule has 4 nitrogen and oxygen atoms in total. The number of carbonyl (C=O) groups is 1. The molecule has 1 aliphatic carbocycles. The Kier molecular flexibility index (Phi) is 9.94. The molecule has 1 aliphatic heterocycles. The zero-order chi connectivity index (χ0) is 16.9. The van der Waals surface area contributed by atoms with Gasteiger partial charge in [0.25, 0.3) is 0 Å². The average molecular weight is 402 g/mol. The standard InChI is InChI=1S/C20H31N3O.2ClH/c1-15-13-23(14-16-6-3-2-4-7-16)11-10-19(15)22-20(24)18-9-5-8-17(18)12-21;;/h2-4,6-7,15,17-19H,5,8-14,21H2,1H3,(H,22,24);2*1H/t15?,17-,18-,19?;;/m1../s1. The summed E-state index contributed by atoms with van der Waals surface area (Å²) in [6.07, 6.45) is 4.30. The van der Waals surface area contributed by atoms with Crippen LogP contribution in [0.1, 0.15) is 38.2 Å². The van der Waals surface area contributed by atoms with Crippen molar-refractivity contribution in [3.8, 4) is 0 Å². The minimum absolute atomic E-state index is 0. The highest BCUT2D eigenvalue weighted by molar-refractivity contribution is 5.85. The fourth-order valence-corrected chi connectivity index (χ4v) is 4.39. The molecule has 148 valence electrons. The van der Waals surface area contributed by atoms with E-state index < -0.39 is 0 Å². The van der Waals surface area contributed by atoms with Gasteiger partial charge in [0, 0.05) is 31.6 Å². The Balaban J connectivity index is 0.00000169. The summed E-state index contributed by atoms with van der Waals surface area (Å²) in [5, 5.41) is 3.34. The van der Waals surface area contributed by atoms with Gasteiger partial charge in [-0.1, -0.05) is 43.7 Å². The molecule has 0 bridgehead atoms. The number of piperidine rings is 1. The van der Waals surface area contributed by atoms with Crippen molar-refractivity contribution in [1.29, 1.82) is 0 Å². The molecule has 0 aromatic heterocycles. The van der Waals surface area contributed by atoms with Crippen LogP contribution in [-0.2, 0) is 11.3 Å². The van der Waals surface area contributed by atoms with E-state index in [0.717, 1.165) is 45.3 Å². The van der Waals surface area contributed by atoms with Gasteiger partial charge in [-0.2, -0.15) is 0 Å². The predicted molar refractivity (Wildman–Crippen MR) is 112 cm³/mol. The van der Waals surface area contributed by atoms with Crippen molar-refractivity contribution < 1.29 is 4.79 Å². The van der Waals surface area contributed by atoms with Crippen molar-refractivity contribution in [1.82, 2.24) is 10.2 Å². The van der Waals surface area contributed by atoms with Gasteiger partial charge in [0.05, 0.1) is 0 Å². The minimum Gasteiger partial charge on any atom is -0.353 e. The number of rotatable bonds is 5. The summed E-state index contributed by atoms with van der Waals surface area (Å²) in [5.74, 6) is 1.27. The Labute approximate surface area is 170 Å². The number of likely N-dealkylation sites (tertiary alicyclic amines) is 1. The van der Waals surface area contributed by atoms with Gasteiger partial charge in [0.2, 0.25) is 5.91 Å². The molecule has 2 unspecified atom stereocenters. The molecule has 2 fully saturated rings. The van der Waals surface area contributed by atoms with E-state index in [1.54, 1.807) is 0 Å². The van der Waals surface area contributed by atoms with Gasteiger partial charge in [0.1, 0.15) is 0 Å². The van der Waals surface area contributed by atoms with E-state index in [1.165, 1.54) is 5.56 Å². The van der Waals surface area contributed by atoms with Crippen LogP contribution in [0.3, 0.4) is 0 Å². The molecule has 1 aromatic rings. The first-order chi connectivity index (χ1) is 11.7. The molecule has 1 heterocycles. The smallest absolute Gasteiger partial charge is 0.223 e. The molecule has 6 heteroatoms. The third kappa shape index (κ3) is 5.85. The van der Waals surface area contributed by atoms with Crippen LogP contribution < -0.4 is 11.1 Å². The molecule has 0 radical (unpaired) electrons. The minimum atomic E-state index is 0. The number of nitrogens with zero attached hydrogens (tertiary/aromatic N) is 1. The largest absolute Gasteiger partial charge is 0.353 e. The highest BCUT2D eigenvalue weighted by Gasteiger charge is 2.34. The van der Waals surface area contributed by atoms with E-state index in [-0.39, 0.29) is 36.6 Å². The number of carbonyl (C=O) groups excluding carboxylic acids is 1. The molecule has 3 N–H and O–H groups in total. The molecule has 1 saturated heterocycles. The average Bonchev–Trinajstić information content (AvgIpc) is 3.07. The third-order valence-corrected chi connectivity index (χ3v) is 5.86. The summed E-state index contributed by atoms with van der Waals surface area (Å²) in [7, 11) is 0. The van der Waals surface area contributed by atoms with Gasteiger partial charge in [-0.15, -0.1) is 24.8 Å². The summed E-state index contributed by atoms with van der Waals surface area (Å²) in [6.45, 7) is 6.00. The van der Waals surface area contributed by atoms with E-state index in [9.17, 15) is 4.79 Å². The highest BCUT2D eigenvalue weighted by Crippen LogP contribution is 2.31. The lowest BCUT2D eigenvalue weighted by Crippen LogP contribution is -2.51. The lowest BCUT2D eigenvalue weighted by molar-refractivity contribution is -0.127. The van der Waals surface area contributed by atoms with Crippen LogP contribution in [0.4, 0.5) is 0 Å². The van der Waals surface area contributed by atoms with Crippen molar-refractivity contribution in [2.45, 2.75) is 45.2 Å². The zero-order valence-corrected chi connectivity index (χ0v) is 17.2. The maximum atomic E-state index is 12.6. The van der Waals surface area contributed by atoms with Crippen LogP contribution in [0.25, 0.3) is 0 Å². The van der Waals surface area contributed by atoms with E-state index in [4.69, 9.17) is 5.73 Å². The molecule has 3 rings (SSSR count). The molecular formula is C20H33Cl2N3O. The first-order valence-electron chi connectivity index (χ1n) is 9.44. The quantitative estimate of drug-likeness (QED) is 0.795. The summed E-state index contributed by atoms with van der Waals surface area (Å²) < 4.78 is 0. The fraction of sp³-hybridized carbons (Fsp3) is 0.650. The van der Waals surface area contributed by atoms with Gasteiger partial charge in [-0.3, -0.25) is 9.69 Å². The second kappa shape index (κ2) is 11.1. The van der Waals surface area contributed by atoms with Gasteiger partial charge in [0.15, 0.2) is 0 Å². The van der Waals surface area contributed by atoms with Crippen LogP contribution in [0.15, 0.2) is 30.3 Å². The lowest BCUT2D eigenvalue weighted by atomic mass is 9.90. The second-order valence-corrected chi connectivity index (χ2v) is 7.63. The second-order valence-electron chi connectivity index (χ2n) is 7.63. The topological polar surface area (TPSA) is 58.4 Å². The Morgan fingerprint density at radius 1 is 1.19 bits per heavy atom. The van der Waals surface area contributed by atoms with Crippen molar-refractivity contribution in [3.63, 3.8) is 0 Å². The summed E-state index contributed by atoms with van der Waals surface area (Å²) >= 11 is 0.